The Bertz CT molecular complexity index is 1400. The van der Waals surface area contributed by atoms with Crippen LogP contribution in [-0.2, 0) is 26.2 Å². The first-order valence-electron chi connectivity index (χ1n) is 14.1. The number of nitrogens with one attached hydrogen (secondary N) is 1. The number of carbonyl (C=O) groups is 2. The Labute approximate surface area is 243 Å². The molecule has 2 amide bonds. The lowest BCUT2D eigenvalue weighted by atomic mass is 10.1. The van der Waals surface area contributed by atoms with Crippen LogP contribution in [0, 0.1) is 6.92 Å². The number of sulfonamides is 1. The summed E-state index contributed by atoms with van der Waals surface area (Å²) in [5, 5.41) is 3.14. The Hall–Kier alpha value is -3.85. The lowest BCUT2D eigenvalue weighted by Gasteiger charge is -2.33. The van der Waals surface area contributed by atoms with Gasteiger partial charge in [0.15, 0.2) is 0 Å². The number of rotatable bonds is 12. The second-order valence-electron chi connectivity index (χ2n) is 10.4. The van der Waals surface area contributed by atoms with Crippen molar-refractivity contribution in [2.45, 2.75) is 69.5 Å². The zero-order valence-corrected chi connectivity index (χ0v) is 24.8. The molecule has 4 rings (SSSR count). The number of para-hydroxylation sites is 1. The van der Waals surface area contributed by atoms with Crippen LogP contribution in [0.3, 0.4) is 0 Å². The molecule has 1 N–H and O–H groups in total. The molecule has 41 heavy (non-hydrogen) atoms. The third kappa shape index (κ3) is 7.47. The smallest absolute Gasteiger partial charge is 0.264 e. The van der Waals surface area contributed by atoms with Crippen LogP contribution in [0.25, 0.3) is 0 Å². The predicted molar refractivity (Wildman–Crippen MR) is 160 cm³/mol. The van der Waals surface area contributed by atoms with Gasteiger partial charge in [0.1, 0.15) is 18.3 Å². The Morgan fingerprint density at radius 2 is 1.59 bits per heavy atom. The number of hydrogen-bond donors (Lipinski definition) is 1. The molecule has 8 nitrogen and oxygen atoms in total. The van der Waals surface area contributed by atoms with Gasteiger partial charge < -0.3 is 15.0 Å². The minimum absolute atomic E-state index is 0.0334. The summed E-state index contributed by atoms with van der Waals surface area (Å²) in [4.78, 5) is 29.2. The van der Waals surface area contributed by atoms with Gasteiger partial charge in [-0.05, 0) is 68.1 Å². The standard InChI is InChI=1S/C32H39N3O5S/c1-4-30(32(37)33-26-10-8-9-11-26)34(22-25-16-14-24(2)15-17-25)31(36)23-35(27-12-6-5-7-13-27)41(38,39)29-20-18-28(40-3)19-21-29/h5-7,12-21,26,30H,4,8-11,22-23H2,1-3H3,(H,33,37)/t30-/m0/s1. The minimum Gasteiger partial charge on any atom is -0.497 e. The summed E-state index contributed by atoms with van der Waals surface area (Å²) in [5.41, 5.74) is 2.30. The number of methoxy groups -OCH3 is 1. The van der Waals surface area contributed by atoms with Gasteiger partial charge in [0.25, 0.3) is 10.0 Å². The molecule has 0 heterocycles. The lowest BCUT2D eigenvalue weighted by Crippen LogP contribution is -2.53. The molecule has 0 aliphatic heterocycles. The van der Waals surface area contributed by atoms with E-state index in [0.29, 0.717) is 17.9 Å². The molecule has 0 saturated heterocycles. The molecular weight excluding hydrogens is 538 g/mol. The van der Waals surface area contributed by atoms with Crippen LogP contribution < -0.4 is 14.4 Å². The molecule has 1 aliphatic carbocycles. The van der Waals surface area contributed by atoms with Crippen molar-refractivity contribution in [1.29, 1.82) is 0 Å². The third-order valence-electron chi connectivity index (χ3n) is 7.53. The third-order valence-corrected chi connectivity index (χ3v) is 9.32. The van der Waals surface area contributed by atoms with E-state index in [4.69, 9.17) is 4.74 Å². The van der Waals surface area contributed by atoms with Crippen molar-refractivity contribution in [3.8, 4) is 5.75 Å². The average molecular weight is 578 g/mol. The molecule has 1 saturated carbocycles. The normalized spacial score (nSPS) is 14.3. The number of nitrogens with zero attached hydrogens (tertiary/aromatic N) is 2. The van der Waals surface area contributed by atoms with E-state index in [9.17, 15) is 18.0 Å². The Balaban J connectivity index is 1.68. The van der Waals surface area contributed by atoms with Crippen molar-refractivity contribution in [1.82, 2.24) is 10.2 Å². The summed E-state index contributed by atoms with van der Waals surface area (Å²) >= 11 is 0. The fourth-order valence-corrected chi connectivity index (χ4v) is 6.59. The van der Waals surface area contributed by atoms with Crippen molar-refractivity contribution in [3.05, 3.63) is 90.0 Å². The van der Waals surface area contributed by atoms with Crippen molar-refractivity contribution < 1.29 is 22.7 Å². The largest absolute Gasteiger partial charge is 0.497 e. The van der Waals surface area contributed by atoms with Gasteiger partial charge in [0, 0.05) is 12.6 Å². The zero-order valence-electron chi connectivity index (χ0n) is 24.0. The Morgan fingerprint density at radius 3 is 2.17 bits per heavy atom. The van der Waals surface area contributed by atoms with Gasteiger partial charge in [-0.15, -0.1) is 0 Å². The first-order chi connectivity index (χ1) is 19.7. The van der Waals surface area contributed by atoms with Crippen molar-refractivity contribution in [2.24, 2.45) is 0 Å². The summed E-state index contributed by atoms with van der Waals surface area (Å²) in [6.45, 7) is 3.58. The summed E-state index contributed by atoms with van der Waals surface area (Å²) in [6, 6.07) is 21.8. The van der Waals surface area contributed by atoms with E-state index in [2.05, 4.69) is 5.32 Å². The average Bonchev–Trinajstić information content (AvgIpc) is 3.50. The zero-order chi connectivity index (χ0) is 29.4. The molecule has 0 unspecified atom stereocenters. The van der Waals surface area contributed by atoms with Gasteiger partial charge in [-0.25, -0.2) is 8.42 Å². The van der Waals surface area contributed by atoms with E-state index in [1.165, 1.54) is 24.1 Å². The number of hydrogen-bond acceptors (Lipinski definition) is 5. The molecule has 1 aliphatic rings. The van der Waals surface area contributed by atoms with E-state index in [1.807, 2.05) is 38.1 Å². The number of ether oxygens (including phenoxy) is 1. The molecule has 0 spiro atoms. The monoisotopic (exact) mass is 577 g/mol. The van der Waals surface area contributed by atoms with E-state index >= 15 is 0 Å². The quantitative estimate of drug-likeness (QED) is 0.325. The van der Waals surface area contributed by atoms with Crippen LogP contribution in [0.4, 0.5) is 5.69 Å². The van der Waals surface area contributed by atoms with Gasteiger partial charge in [-0.3, -0.25) is 13.9 Å². The highest BCUT2D eigenvalue weighted by Crippen LogP contribution is 2.26. The fraction of sp³-hybridized carbons (Fsp3) is 0.375. The number of anilines is 1. The molecule has 1 atom stereocenters. The summed E-state index contributed by atoms with van der Waals surface area (Å²) in [7, 11) is -2.62. The topological polar surface area (TPSA) is 96.0 Å². The van der Waals surface area contributed by atoms with Crippen LogP contribution >= 0.6 is 0 Å². The summed E-state index contributed by atoms with van der Waals surface area (Å²) in [5.74, 6) is -0.140. The van der Waals surface area contributed by atoms with E-state index in [0.717, 1.165) is 41.1 Å². The van der Waals surface area contributed by atoms with Gasteiger partial charge in [-0.2, -0.15) is 0 Å². The van der Waals surface area contributed by atoms with Crippen molar-refractivity contribution in [3.63, 3.8) is 0 Å². The van der Waals surface area contributed by atoms with Crippen molar-refractivity contribution in [2.75, 3.05) is 18.0 Å². The van der Waals surface area contributed by atoms with Crippen molar-refractivity contribution >= 4 is 27.5 Å². The van der Waals surface area contributed by atoms with E-state index in [-0.39, 0.29) is 23.4 Å². The minimum atomic E-state index is -4.13. The van der Waals surface area contributed by atoms with Crippen LogP contribution in [0.2, 0.25) is 0 Å². The van der Waals surface area contributed by atoms with Crippen LogP contribution in [0.5, 0.6) is 5.75 Å². The second-order valence-corrected chi connectivity index (χ2v) is 12.3. The maximum absolute atomic E-state index is 14.1. The molecule has 9 heteroatoms. The summed E-state index contributed by atoms with van der Waals surface area (Å²) in [6.07, 6.45) is 4.39. The molecule has 0 aromatic heterocycles. The van der Waals surface area contributed by atoms with Gasteiger partial charge in [-0.1, -0.05) is 67.8 Å². The molecule has 0 radical (unpaired) electrons. The van der Waals surface area contributed by atoms with Gasteiger partial charge in [0.2, 0.25) is 11.8 Å². The molecule has 3 aromatic rings. The number of amides is 2. The lowest BCUT2D eigenvalue weighted by molar-refractivity contribution is -0.140. The Morgan fingerprint density at radius 1 is 0.951 bits per heavy atom. The highest BCUT2D eigenvalue weighted by Gasteiger charge is 2.34. The molecule has 1 fully saturated rings. The van der Waals surface area contributed by atoms with E-state index in [1.54, 1.807) is 42.5 Å². The van der Waals surface area contributed by atoms with Gasteiger partial charge >= 0.3 is 0 Å². The fourth-order valence-electron chi connectivity index (χ4n) is 5.18. The van der Waals surface area contributed by atoms with Crippen LogP contribution in [0.1, 0.15) is 50.2 Å². The number of carbonyl (C=O) groups excluding carboxylic acids is 2. The number of benzene rings is 3. The Kier molecular flexibility index (Phi) is 10.0. The number of aryl methyl sites for hydroxylation is 1. The highest BCUT2D eigenvalue weighted by atomic mass is 32.2. The SMILES string of the molecule is CC[C@@H](C(=O)NC1CCCC1)N(Cc1ccc(C)cc1)C(=O)CN(c1ccccc1)S(=O)(=O)c1ccc(OC)cc1. The molecule has 218 valence electrons. The first kappa shape index (κ1) is 30.1. The summed E-state index contributed by atoms with van der Waals surface area (Å²) < 4.78 is 34.1. The molecule has 0 bridgehead atoms. The van der Waals surface area contributed by atoms with Gasteiger partial charge in [0.05, 0.1) is 17.7 Å². The predicted octanol–water partition coefficient (Wildman–Crippen LogP) is 5.07. The highest BCUT2D eigenvalue weighted by molar-refractivity contribution is 7.92. The molecular formula is C32H39N3O5S. The maximum atomic E-state index is 14.1. The second kappa shape index (κ2) is 13.7. The first-order valence-corrected chi connectivity index (χ1v) is 15.5. The molecule has 3 aromatic carbocycles. The van der Waals surface area contributed by atoms with Crippen LogP contribution in [-0.4, -0.2) is 50.9 Å². The van der Waals surface area contributed by atoms with Crippen LogP contribution in [0.15, 0.2) is 83.8 Å². The maximum Gasteiger partial charge on any atom is 0.264 e. The van der Waals surface area contributed by atoms with E-state index < -0.39 is 28.5 Å².